The second kappa shape index (κ2) is 8.24. The molecule has 0 spiro atoms. The fourth-order valence-electron chi connectivity index (χ4n) is 2.46. The number of carbonyl (C=O) groups excluding carboxylic acids is 2. The normalized spacial score (nSPS) is 10.8. The Hall–Kier alpha value is -2.88. The first-order chi connectivity index (χ1) is 14.0. The van der Waals surface area contributed by atoms with Gasteiger partial charge in [-0.1, -0.05) is 17.7 Å². The lowest BCUT2D eigenvalue weighted by molar-refractivity contribution is 0.0464. The van der Waals surface area contributed by atoms with Crippen LogP contribution in [-0.2, 0) is 4.74 Å². The highest BCUT2D eigenvalue weighted by atomic mass is 35.5. The highest BCUT2D eigenvalue weighted by Crippen LogP contribution is 2.26. The predicted octanol–water partition coefficient (Wildman–Crippen LogP) is 4.89. The second-order valence-corrected chi connectivity index (χ2v) is 8.39. The molecule has 6 nitrogen and oxygen atoms in total. The van der Waals surface area contributed by atoms with Crippen molar-refractivity contribution in [1.29, 1.82) is 0 Å². The van der Waals surface area contributed by atoms with Gasteiger partial charge < -0.3 is 4.74 Å². The standard InChI is InChI=1S/C19H11ClFN3O3S2/c20-16-8-7-14(29-16)13(25)10-27-19(26)17-22-18(15-2-1-9-28-15)24(23-17)12-5-3-11(21)4-6-12/h1-9H,10H2. The van der Waals surface area contributed by atoms with Gasteiger partial charge in [-0.25, -0.2) is 13.9 Å². The van der Waals surface area contributed by atoms with Gasteiger partial charge >= 0.3 is 5.97 Å². The van der Waals surface area contributed by atoms with Gasteiger partial charge in [-0.05, 0) is 47.8 Å². The molecule has 0 aliphatic carbocycles. The van der Waals surface area contributed by atoms with Crippen molar-refractivity contribution >= 4 is 46.0 Å². The van der Waals surface area contributed by atoms with Gasteiger partial charge in [0.15, 0.2) is 12.4 Å². The largest absolute Gasteiger partial charge is 0.451 e. The maximum Gasteiger partial charge on any atom is 0.378 e. The van der Waals surface area contributed by atoms with Crippen LogP contribution in [0.1, 0.15) is 20.3 Å². The Kier molecular flexibility index (Phi) is 5.52. The Morgan fingerprint density at radius 2 is 1.93 bits per heavy atom. The third kappa shape index (κ3) is 4.26. The number of esters is 1. The molecule has 29 heavy (non-hydrogen) atoms. The SMILES string of the molecule is O=C(OCC(=O)c1ccc(Cl)s1)c1nc(-c2cccs2)n(-c2ccc(F)cc2)n1. The number of thiophene rings is 2. The van der Waals surface area contributed by atoms with Crippen molar-refractivity contribution in [3.63, 3.8) is 0 Å². The molecule has 0 saturated carbocycles. The fourth-order valence-corrected chi connectivity index (χ4v) is 4.12. The second-order valence-electron chi connectivity index (χ2n) is 5.73. The summed E-state index contributed by atoms with van der Waals surface area (Å²) in [6, 6.07) is 12.5. The van der Waals surface area contributed by atoms with Crippen molar-refractivity contribution in [3.8, 4) is 16.4 Å². The summed E-state index contributed by atoms with van der Waals surface area (Å²) in [4.78, 5) is 29.9. The number of hydrogen-bond acceptors (Lipinski definition) is 7. The Bertz CT molecular complexity index is 1170. The number of rotatable bonds is 6. The topological polar surface area (TPSA) is 74.1 Å². The van der Waals surface area contributed by atoms with E-state index >= 15 is 0 Å². The lowest BCUT2D eigenvalue weighted by Crippen LogP contribution is -2.14. The molecule has 1 aromatic carbocycles. The minimum Gasteiger partial charge on any atom is -0.451 e. The van der Waals surface area contributed by atoms with E-state index in [1.807, 2.05) is 17.5 Å². The van der Waals surface area contributed by atoms with Crippen LogP contribution in [0.15, 0.2) is 53.9 Å². The third-order valence-electron chi connectivity index (χ3n) is 3.78. The molecule has 0 aliphatic rings. The van der Waals surface area contributed by atoms with Crippen molar-refractivity contribution < 1.29 is 18.7 Å². The minimum absolute atomic E-state index is 0.199. The van der Waals surface area contributed by atoms with Gasteiger partial charge in [0, 0.05) is 0 Å². The number of carbonyl (C=O) groups is 2. The molecule has 4 aromatic rings. The number of halogens is 2. The van der Waals surface area contributed by atoms with E-state index in [2.05, 4.69) is 10.1 Å². The maximum atomic E-state index is 13.3. The molecule has 0 saturated heterocycles. The smallest absolute Gasteiger partial charge is 0.378 e. The first-order valence-corrected chi connectivity index (χ1v) is 10.3. The molecule has 4 rings (SSSR count). The van der Waals surface area contributed by atoms with E-state index < -0.39 is 18.4 Å². The molecular formula is C19H11ClFN3O3S2. The zero-order valence-corrected chi connectivity index (χ0v) is 16.9. The molecule has 3 aromatic heterocycles. The van der Waals surface area contributed by atoms with Gasteiger partial charge in [-0.15, -0.1) is 27.8 Å². The van der Waals surface area contributed by atoms with E-state index in [4.69, 9.17) is 16.3 Å². The van der Waals surface area contributed by atoms with Gasteiger partial charge in [-0.2, -0.15) is 4.98 Å². The molecule has 0 unspecified atom stereocenters. The first-order valence-electron chi connectivity index (χ1n) is 8.24. The van der Waals surface area contributed by atoms with Crippen LogP contribution in [0, 0.1) is 5.82 Å². The molecule has 10 heteroatoms. The zero-order chi connectivity index (χ0) is 20.4. The highest BCUT2D eigenvalue weighted by molar-refractivity contribution is 7.18. The predicted molar refractivity (Wildman–Crippen MR) is 109 cm³/mol. The van der Waals surface area contributed by atoms with Crippen LogP contribution < -0.4 is 0 Å². The van der Waals surface area contributed by atoms with E-state index in [1.54, 1.807) is 12.1 Å². The molecule has 3 heterocycles. The van der Waals surface area contributed by atoms with Crippen LogP contribution in [0.25, 0.3) is 16.4 Å². The number of nitrogens with zero attached hydrogens (tertiary/aromatic N) is 3. The molecule has 0 radical (unpaired) electrons. The summed E-state index contributed by atoms with van der Waals surface area (Å²) in [6.07, 6.45) is 0. The number of Topliss-reactive ketones (excluding diaryl/α,β-unsaturated/α-hetero) is 1. The average Bonchev–Trinajstić information content (AvgIpc) is 3.46. The molecule has 0 aliphatic heterocycles. The summed E-state index contributed by atoms with van der Waals surface area (Å²) in [5.74, 6) is -1.38. The van der Waals surface area contributed by atoms with Crippen LogP contribution in [0.4, 0.5) is 4.39 Å². The number of aromatic nitrogens is 3. The zero-order valence-electron chi connectivity index (χ0n) is 14.5. The van der Waals surface area contributed by atoms with E-state index in [-0.39, 0.29) is 11.6 Å². The van der Waals surface area contributed by atoms with Crippen LogP contribution in [-0.4, -0.2) is 33.1 Å². The third-order valence-corrected chi connectivity index (χ3v) is 5.92. The summed E-state index contributed by atoms with van der Waals surface area (Å²) < 4.78 is 20.3. The van der Waals surface area contributed by atoms with E-state index in [1.165, 1.54) is 40.3 Å². The Labute approximate surface area is 177 Å². The van der Waals surface area contributed by atoms with Crippen LogP contribution in [0.3, 0.4) is 0 Å². The number of benzene rings is 1. The van der Waals surface area contributed by atoms with Gasteiger partial charge in [0.1, 0.15) is 5.82 Å². The molecule has 146 valence electrons. The van der Waals surface area contributed by atoms with Gasteiger partial charge in [0.25, 0.3) is 5.82 Å². The van der Waals surface area contributed by atoms with Crippen LogP contribution >= 0.6 is 34.3 Å². The Morgan fingerprint density at radius 3 is 2.59 bits per heavy atom. The lowest BCUT2D eigenvalue weighted by Gasteiger charge is -2.04. The molecule has 0 atom stereocenters. The Balaban J connectivity index is 1.58. The van der Waals surface area contributed by atoms with Gasteiger partial charge in [-0.3, -0.25) is 4.79 Å². The van der Waals surface area contributed by atoms with E-state index in [0.29, 0.717) is 20.7 Å². The van der Waals surface area contributed by atoms with Crippen molar-refractivity contribution in [2.24, 2.45) is 0 Å². The number of ether oxygens (including phenoxy) is 1. The summed E-state index contributed by atoms with van der Waals surface area (Å²) in [5.41, 5.74) is 0.533. The van der Waals surface area contributed by atoms with Crippen molar-refractivity contribution in [2.75, 3.05) is 6.61 Å². The minimum atomic E-state index is -0.834. The summed E-state index contributed by atoms with van der Waals surface area (Å²) in [5, 5.41) is 6.07. The van der Waals surface area contributed by atoms with Gasteiger partial charge in [0.05, 0.1) is 19.8 Å². The number of ketones is 1. The molecule has 0 amide bonds. The fraction of sp³-hybridized carbons (Fsp3) is 0.0526. The number of hydrogen-bond donors (Lipinski definition) is 0. The van der Waals surface area contributed by atoms with Crippen LogP contribution in [0.5, 0.6) is 0 Å². The molecule has 0 N–H and O–H groups in total. The average molecular weight is 448 g/mol. The monoisotopic (exact) mass is 447 g/mol. The Morgan fingerprint density at radius 1 is 1.14 bits per heavy atom. The van der Waals surface area contributed by atoms with Crippen molar-refractivity contribution in [1.82, 2.24) is 14.8 Å². The quantitative estimate of drug-likeness (QED) is 0.311. The summed E-state index contributed by atoms with van der Waals surface area (Å²) in [6.45, 7) is -0.449. The van der Waals surface area contributed by atoms with Crippen molar-refractivity contribution in [3.05, 3.63) is 74.8 Å². The molecule has 0 bridgehead atoms. The molecule has 0 fully saturated rings. The highest BCUT2D eigenvalue weighted by Gasteiger charge is 2.22. The summed E-state index contributed by atoms with van der Waals surface area (Å²) in [7, 11) is 0. The maximum absolute atomic E-state index is 13.3. The first kappa shape index (κ1) is 19.4. The molecular weight excluding hydrogens is 437 g/mol. The lowest BCUT2D eigenvalue weighted by atomic mass is 10.3. The van der Waals surface area contributed by atoms with Gasteiger partial charge in [0.2, 0.25) is 5.78 Å². The van der Waals surface area contributed by atoms with Crippen LogP contribution in [0.2, 0.25) is 4.34 Å². The van der Waals surface area contributed by atoms with Crippen molar-refractivity contribution in [2.45, 2.75) is 0 Å². The van der Waals surface area contributed by atoms with E-state index in [9.17, 15) is 14.0 Å². The van der Waals surface area contributed by atoms with E-state index in [0.717, 1.165) is 16.2 Å². The summed E-state index contributed by atoms with van der Waals surface area (Å²) >= 11 is 8.34.